The fraction of sp³-hybridized carbons (Fsp3) is 0.188. The van der Waals surface area contributed by atoms with E-state index in [0.29, 0.717) is 5.56 Å². The molecule has 0 unspecified atom stereocenters. The summed E-state index contributed by atoms with van der Waals surface area (Å²) in [5.41, 5.74) is 2.25. The van der Waals surface area contributed by atoms with E-state index in [-0.39, 0.29) is 23.6 Å². The number of methoxy groups -OCH3 is 1. The number of rotatable bonds is 5. The Morgan fingerprint density at radius 3 is 2.62 bits per heavy atom. The molecule has 2 rings (SSSR count). The van der Waals surface area contributed by atoms with Crippen molar-refractivity contribution in [2.45, 2.75) is 13.3 Å². The van der Waals surface area contributed by atoms with Crippen molar-refractivity contribution in [3.8, 4) is 5.75 Å². The van der Waals surface area contributed by atoms with Gasteiger partial charge in [-0.2, -0.15) is 0 Å². The standard InChI is InChI=1S/C16H15NO4/c1-11-4-3-5-12(8-11)9-15(18)13-6-7-14(17(19)20)16(10-13)21-2/h3-8,10H,9H2,1-2H3. The molecule has 5 heteroatoms. The number of ether oxygens (including phenoxy) is 1. The largest absolute Gasteiger partial charge is 0.490 e. The summed E-state index contributed by atoms with van der Waals surface area (Å²) >= 11 is 0. The molecular formula is C16H15NO4. The van der Waals surface area contributed by atoms with Gasteiger partial charge in [0.1, 0.15) is 0 Å². The second-order valence-corrected chi connectivity index (χ2v) is 4.73. The molecule has 21 heavy (non-hydrogen) atoms. The predicted molar refractivity (Wildman–Crippen MR) is 78.9 cm³/mol. The highest BCUT2D eigenvalue weighted by molar-refractivity contribution is 5.98. The van der Waals surface area contributed by atoms with Crippen molar-refractivity contribution in [2.75, 3.05) is 7.11 Å². The van der Waals surface area contributed by atoms with Crippen LogP contribution < -0.4 is 4.74 Å². The highest BCUT2D eigenvalue weighted by atomic mass is 16.6. The third kappa shape index (κ3) is 3.45. The zero-order valence-corrected chi connectivity index (χ0v) is 11.8. The third-order valence-corrected chi connectivity index (χ3v) is 3.15. The van der Waals surface area contributed by atoms with Crippen molar-refractivity contribution >= 4 is 11.5 Å². The van der Waals surface area contributed by atoms with Crippen LogP contribution in [0.5, 0.6) is 5.75 Å². The lowest BCUT2D eigenvalue weighted by Gasteiger charge is -2.06. The molecule has 5 nitrogen and oxygen atoms in total. The van der Waals surface area contributed by atoms with Gasteiger partial charge in [-0.05, 0) is 24.6 Å². The predicted octanol–water partition coefficient (Wildman–Crippen LogP) is 3.34. The molecule has 0 aromatic heterocycles. The maximum absolute atomic E-state index is 12.2. The van der Waals surface area contributed by atoms with E-state index in [2.05, 4.69) is 0 Å². The normalized spacial score (nSPS) is 10.2. The van der Waals surface area contributed by atoms with Gasteiger partial charge in [0, 0.05) is 18.1 Å². The fourth-order valence-electron chi connectivity index (χ4n) is 2.11. The molecule has 0 amide bonds. The van der Waals surface area contributed by atoms with E-state index in [0.717, 1.165) is 11.1 Å². The molecule has 0 saturated heterocycles. The monoisotopic (exact) mass is 285 g/mol. The smallest absolute Gasteiger partial charge is 0.310 e. The number of hydrogen-bond donors (Lipinski definition) is 0. The number of ketones is 1. The second-order valence-electron chi connectivity index (χ2n) is 4.73. The maximum Gasteiger partial charge on any atom is 0.310 e. The minimum Gasteiger partial charge on any atom is -0.490 e. The van der Waals surface area contributed by atoms with E-state index in [1.54, 1.807) is 0 Å². The quantitative estimate of drug-likeness (QED) is 0.480. The topological polar surface area (TPSA) is 69.4 Å². The average molecular weight is 285 g/mol. The Balaban J connectivity index is 2.25. The minimum atomic E-state index is -0.534. The highest BCUT2D eigenvalue weighted by Crippen LogP contribution is 2.28. The van der Waals surface area contributed by atoms with Gasteiger partial charge in [0.2, 0.25) is 0 Å². The number of nitro groups is 1. The third-order valence-electron chi connectivity index (χ3n) is 3.15. The summed E-state index contributed by atoms with van der Waals surface area (Å²) in [6.45, 7) is 1.96. The Labute approximate surface area is 122 Å². The fourth-order valence-corrected chi connectivity index (χ4v) is 2.11. The molecule has 0 spiro atoms. The second kappa shape index (κ2) is 6.17. The van der Waals surface area contributed by atoms with Crippen LogP contribution in [0.15, 0.2) is 42.5 Å². The van der Waals surface area contributed by atoms with E-state index >= 15 is 0 Å². The van der Waals surface area contributed by atoms with Gasteiger partial charge >= 0.3 is 5.69 Å². The van der Waals surface area contributed by atoms with Crippen LogP contribution in [0.25, 0.3) is 0 Å². The summed E-state index contributed by atoms with van der Waals surface area (Å²) in [4.78, 5) is 22.5. The van der Waals surface area contributed by atoms with E-state index in [1.165, 1.54) is 25.3 Å². The van der Waals surface area contributed by atoms with Crippen molar-refractivity contribution in [1.29, 1.82) is 0 Å². The lowest BCUT2D eigenvalue weighted by Crippen LogP contribution is -2.05. The lowest BCUT2D eigenvalue weighted by molar-refractivity contribution is -0.385. The van der Waals surface area contributed by atoms with E-state index in [1.807, 2.05) is 31.2 Å². The number of Topliss-reactive ketones (excluding diaryl/α,β-unsaturated/α-hetero) is 1. The molecule has 0 aliphatic heterocycles. The number of hydrogen-bond acceptors (Lipinski definition) is 4. The van der Waals surface area contributed by atoms with Gasteiger partial charge in [-0.3, -0.25) is 14.9 Å². The molecule has 2 aromatic carbocycles. The first-order valence-electron chi connectivity index (χ1n) is 6.42. The Morgan fingerprint density at radius 1 is 1.24 bits per heavy atom. The van der Waals surface area contributed by atoms with Gasteiger partial charge in [0.25, 0.3) is 0 Å². The van der Waals surface area contributed by atoms with Crippen LogP contribution in [0.2, 0.25) is 0 Å². The molecule has 0 heterocycles. The van der Waals surface area contributed by atoms with Crippen molar-refractivity contribution in [3.05, 3.63) is 69.3 Å². The van der Waals surface area contributed by atoms with E-state index in [9.17, 15) is 14.9 Å². The summed E-state index contributed by atoms with van der Waals surface area (Å²) in [6, 6.07) is 11.8. The zero-order valence-electron chi connectivity index (χ0n) is 11.8. The average Bonchev–Trinajstić information content (AvgIpc) is 2.46. The van der Waals surface area contributed by atoms with Crippen molar-refractivity contribution in [1.82, 2.24) is 0 Å². The molecule has 0 bridgehead atoms. The van der Waals surface area contributed by atoms with E-state index in [4.69, 9.17) is 4.74 Å². The molecule has 0 aliphatic carbocycles. The molecule has 0 radical (unpaired) electrons. The Hall–Kier alpha value is -2.69. The molecule has 2 aromatic rings. The highest BCUT2D eigenvalue weighted by Gasteiger charge is 2.17. The van der Waals surface area contributed by atoms with Gasteiger partial charge in [-0.15, -0.1) is 0 Å². The SMILES string of the molecule is COc1cc(C(=O)Cc2cccc(C)c2)ccc1[N+](=O)[O-]. The van der Waals surface area contributed by atoms with Gasteiger partial charge in [-0.25, -0.2) is 0 Å². The number of carbonyl (C=O) groups excluding carboxylic acids is 1. The number of benzene rings is 2. The van der Waals surface area contributed by atoms with Crippen LogP contribution in [0, 0.1) is 17.0 Å². The number of nitrogens with zero attached hydrogens (tertiary/aromatic N) is 1. The number of carbonyl (C=O) groups is 1. The van der Waals surface area contributed by atoms with Crippen LogP contribution in [0.3, 0.4) is 0 Å². The Bertz CT molecular complexity index is 694. The molecular weight excluding hydrogens is 270 g/mol. The molecule has 0 N–H and O–H groups in total. The first-order chi connectivity index (χ1) is 10.0. The van der Waals surface area contributed by atoms with Crippen LogP contribution in [0.4, 0.5) is 5.69 Å². The van der Waals surface area contributed by atoms with Crippen molar-refractivity contribution in [3.63, 3.8) is 0 Å². The van der Waals surface area contributed by atoms with Crippen LogP contribution in [-0.2, 0) is 6.42 Å². The Kier molecular flexibility index (Phi) is 4.33. The molecule has 108 valence electrons. The molecule has 0 atom stereocenters. The zero-order chi connectivity index (χ0) is 15.4. The molecule has 0 aliphatic rings. The minimum absolute atomic E-state index is 0.0927. The van der Waals surface area contributed by atoms with Crippen molar-refractivity contribution < 1.29 is 14.5 Å². The van der Waals surface area contributed by atoms with Gasteiger partial charge in [0.05, 0.1) is 12.0 Å². The first kappa shape index (κ1) is 14.7. The summed E-state index contributed by atoms with van der Waals surface area (Å²) in [7, 11) is 1.34. The first-order valence-corrected chi connectivity index (χ1v) is 6.42. The molecule has 0 fully saturated rings. The number of nitro benzene ring substituents is 1. The summed E-state index contributed by atoms with van der Waals surface area (Å²) in [5, 5.41) is 10.8. The van der Waals surface area contributed by atoms with Crippen LogP contribution in [-0.4, -0.2) is 17.8 Å². The van der Waals surface area contributed by atoms with Crippen molar-refractivity contribution in [2.24, 2.45) is 0 Å². The van der Waals surface area contributed by atoms with E-state index < -0.39 is 4.92 Å². The van der Waals surface area contributed by atoms with Gasteiger partial charge in [-0.1, -0.05) is 29.8 Å². The summed E-state index contributed by atoms with van der Waals surface area (Å²) < 4.78 is 4.97. The summed E-state index contributed by atoms with van der Waals surface area (Å²) in [5.74, 6) is -0.0103. The van der Waals surface area contributed by atoms with Gasteiger partial charge in [0.15, 0.2) is 11.5 Å². The van der Waals surface area contributed by atoms with Gasteiger partial charge < -0.3 is 4.74 Å². The van der Waals surface area contributed by atoms with Crippen LogP contribution >= 0.6 is 0 Å². The van der Waals surface area contributed by atoms with Crippen LogP contribution in [0.1, 0.15) is 21.5 Å². The summed E-state index contributed by atoms with van der Waals surface area (Å²) in [6.07, 6.45) is 0.253. The maximum atomic E-state index is 12.2. The number of aryl methyl sites for hydroxylation is 1. The molecule has 0 saturated carbocycles. The Morgan fingerprint density at radius 2 is 2.00 bits per heavy atom. The lowest BCUT2D eigenvalue weighted by atomic mass is 10.0.